The fourth-order valence-electron chi connectivity index (χ4n) is 1.97. The third kappa shape index (κ3) is 5.40. The molecule has 0 aliphatic heterocycles. The number of carbonyl (C=O) groups is 3. The summed E-state index contributed by atoms with van der Waals surface area (Å²) >= 11 is 0. The van der Waals surface area contributed by atoms with Crippen molar-refractivity contribution in [3.05, 3.63) is 42.5 Å². The number of carbonyl (C=O) groups excluding carboxylic acids is 3. The number of nitrogens with two attached hydrogens (primary N) is 1. The zero-order valence-corrected chi connectivity index (χ0v) is 12.6. The molecule has 0 bridgehead atoms. The van der Waals surface area contributed by atoms with Crippen molar-refractivity contribution in [1.29, 1.82) is 0 Å². The number of benzene rings is 1. The summed E-state index contributed by atoms with van der Waals surface area (Å²) in [6.07, 6.45) is 3.62. The number of nitrogens with one attached hydrogen (secondary N) is 2. The molecule has 0 aromatic heterocycles. The topological polar surface area (TPSA) is 101 Å². The number of anilines is 1. The van der Waals surface area contributed by atoms with E-state index in [1.54, 1.807) is 30.3 Å². The molecule has 1 atom stereocenters. The maximum atomic E-state index is 12.3. The number of hydrogen-bond donors (Lipinski definition) is 3. The molecule has 1 rings (SSSR count). The Morgan fingerprint density at radius 1 is 1.32 bits per heavy atom. The normalized spacial score (nSPS) is 11.3. The van der Waals surface area contributed by atoms with Gasteiger partial charge in [0.05, 0.1) is 11.3 Å². The molecule has 3 amide bonds. The van der Waals surface area contributed by atoms with Crippen LogP contribution in [-0.2, 0) is 9.59 Å². The van der Waals surface area contributed by atoms with Crippen LogP contribution < -0.4 is 16.4 Å². The second kappa shape index (κ2) is 8.61. The molecule has 0 spiro atoms. The summed E-state index contributed by atoms with van der Waals surface area (Å²) in [7, 11) is 0. The van der Waals surface area contributed by atoms with Gasteiger partial charge in [0, 0.05) is 6.92 Å². The number of hydrogen-bond acceptors (Lipinski definition) is 3. The summed E-state index contributed by atoms with van der Waals surface area (Å²) in [4.78, 5) is 34.9. The zero-order valence-electron chi connectivity index (χ0n) is 12.6. The highest BCUT2D eigenvalue weighted by molar-refractivity contribution is 6.04. The Balaban J connectivity index is 2.83. The van der Waals surface area contributed by atoms with Crippen LogP contribution in [0.15, 0.2) is 36.9 Å². The molecule has 0 fully saturated rings. The molecule has 22 heavy (non-hydrogen) atoms. The summed E-state index contributed by atoms with van der Waals surface area (Å²) in [6.45, 7) is 4.96. The van der Waals surface area contributed by atoms with Crippen molar-refractivity contribution in [1.82, 2.24) is 5.32 Å². The van der Waals surface area contributed by atoms with Crippen molar-refractivity contribution < 1.29 is 14.4 Å². The SMILES string of the molecule is C=CCCC[C@H](NC(=O)c1ccccc1NC(C)=O)C(N)=O. The van der Waals surface area contributed by atoms with Crippen molar-refractivity contribution in [2.45, 2.75) is 32.2 Å². The Morgan fingerprint density at radius 2 is 2.00 bits per heavy atom. The second-order valence-electron chi connectivity index (χ2n) is 4.87. The number of para-hydroxylation sites is 1. The van der Waals surface area contributed by atoms with Crippen molar-refractivity contribution in [3.63, 3.8) is 0 Å². The number of allylic oxidation sites excluding steroid dienone is 1. The Hall–Kier alpha value is -2.63. The van der Waals surface area contributed by atoms with Crippen LogP contribution in [-0.4, -0.2) is 23.8 Å². The second-order valence-corrected chi connectivity index (χ2v) is 4.87. The summed E-state index contributed by atoms with van der Waals surface area (Å²) in [5.74, 6) is -1.32. The molecule has 1 aromatic rings. The van der Waals surface area contributed by atoms with Crippen LogP contribution in [0.25, 0.3) is 0 Å². The van der Waals surface area contributed by atoms with E-state index >= 15 is 0 Å². The maximum absolute atomic E-state index is 12.3. The average molecular weight is 303 g/mol. The van der Waals surface area contributed by atoms with Gasteiger partial charge < -0.3 is 16.4 Å². The van der Waals surface area contributed by atoms with Crippen LogP contribution in [0.2, 0.25) is 0 Å². The number of primary amides is 1. The van der Waals surface area contributed by atoms with Gasteiger partial charge in [-0.25, -0.2) is 0 Å². The Morgan fingerprint density at radius 3 is 2.59 bits per heavy atom. The Kier molecular flexibility index (Phi) is 6.82. The van der Waals surface area contributed by atoms with Gasteiger partial charge in [0.15, 0.2) is 0 Å². The molecule has 0 radical (unpaired) electrons. The lowest BCUT2D eigenvalue weighted by Gasteiger charge is -2.16. The minimum Gasteiger partial charge on any atom is -0.368 e. The molecule has 0 aliphatic carbocycles. The van der Waals surface area contributed by atoms with Crippen molar-refractivity contribution in [2.24, 2.45) is 5.73 Å². The summed E-state index contributed by atoms with van der Waals surface area (Å²) in [5.41, 5.74) is 5.99. The van der Waals surface area contributed by atoms with Gasteiger partial charge in [-0.2, -0.15) is 0 Å². The van der Waals surface area contributed by atoms with E-state index in [4.69, 9.17) is 5.73 Å². The lowest BCUT2D eigenvalue weighted by molar-refractivity contribution is -0.120. The van der Waals surface area contributed by atoms with Crippen molar-refractivity contribution in [3.8, 4) is 0 Å². The molecule has 1 aromatic carbocycles. The van der Waals surface area contributed by atoms with Crippen molar-refractivity contribution >= 4 is 23.4 Å². The lowest BCUT2D eigenvalue weighted by Crippen LogP contribution is -2.44. The van der Waals surface area contributed by atoms with E-state index < -0.39 is 17.9 Å². The molecule has 0 unspecified atom stereocenters. The molecular weight excluding hydrogens is 282 g/mol. The third-order valence-electron chi connectivity index (χ3n) is 3.03. The fraction of sp³-hybridized carbons (Fsp3) is 0.312. The average Bonchev–Trinajstić information content (AvgIpc) is 2.46. The highest BCUT2D eigenvalue weighted by Crippen LogP contribution is 2.15. The Labute approximate surface area is 129 Å². The number of rotatable bonds is 8. The van der Waals surface area contributed by atoms with Crippen molar-refractivity contribution in [2.75, 3.05) is 5.32 Å². The lowest BCUT2D eigenvalue weighted by atomic mass is 10.1. The fourth-order valence-corrected chi connectivity index (χ4v) is 1.97. The predicted octanol–water partition coefficient (Wildman–Crippen LogP) is 1.58. The highest BCUT2D eigenvalue weighted by atomic mass is 16.2. The molecule has 0 heterocycles. The molecule has 6 heteroatoms. The molecule has 118 valence electrons. The van der Waals surface area contributed by atoms with Crippen LogP contribution in [0.5, 0.6) is 0 Å². The first kappa shape index (κ1) is 17.4. The van der Waals surface area contributed by atoms with E-state index in [2.05, 4.69) is 17.2 Å². The molecule has 0 aliphatic rings. The largest absolute Gasteiger partial charge is 0.368 e. The summed E-state index contributed by atoms with van der Waals surface area (Å²) in [6, 6.07) is 5.82. The molecule has 0 saturated carbocycles. The minimum absolute atomic E-state index is 0.280. The molecule has 6 nitrogen and oxygen atoms in total. The maximum Gasteiger partial charge on any atom is 0.254 e. The van der Waals surface area contributed by atoms with E-state index in [0.29, 0.717) is 18.5 Å². The number of unbranched alkanes of at least 4 members (excludes halogenated alkanes) is 1. The van der Waals surface area contributed by atoms with Gasteiger partial charge in [0.1, 0.15) is 6.04 Å². The summed E-state index contributed by atoms with van der Waals surface area (Å²) < 4.78 is 0. The van der Waals surface area contributed by atoms with Gasteiger partial charge in [0.2, 0.25) is 11.8 Å². The highest BCUT2D eigenvalue weighted by Gasteiger charge is 2.20. The first-order chi connectivity index (χ1) is 10.5. The van der Waals surface area contributed by atoms with Gasteiger partial charge in [-0.15, -0.1) is 6.58 Å². The van der Waals surface area contributed by atoms with Crippen LogP contribution >= 0.6 is 0 Å². The van der Waals surface area contributed by atoms with E-state index in [1.807, 2.05) is 0 Å². The van der Waals surface area contributed by atoms with Crippen LogP contribution in [0.4, 0.5) is 5.69 Å². The van der Waals surface area contributed by atoms with Crippen LogP contribution in [0, 0.1) is 0 Å². The van der Waals surface area contributed by atoms with E-state index in [9.17, 15) is 14.4 Å². The van der Waals surface area contributed by atoms with E-state index in [-0.39, 0.29) is 11.5 Å². The molecular formula is C16H21N3O3. The van der Waals surface area contributed by atoms with Crippen LogP contribution in [0.3, 0.4) is 0 Å². The molecule has 0 saturated heterocycles. The van der Waals surface area contributed by atoms with E-state index in [0.717, 1.165) is 6.42 Å². The van der Waals surface area contributed by atoms with E-state index in [1.165, 1.54) is 6.92 Å². The summed E-state index contributed by atoms with van der Waals surface area (Å²) in [5, 5.41) is 5.19. The van der Waals surface area contributed by atoms with Gasteiger partial charge in [-0.3, -0.25) is 14.4 Å². The predicted molar refractivity (Wildman–Crippen MR) is 85.2 cm³/mol. The monoisotopic (exact) mass is 303 g/mol. The zero-order chi connectivity index (χ0) is 16.5. The van der Waals surface area contributed by atoms with Gasteiger partial charge in [-0.1, -0.05) is 18.2 Å². The first-order valence-corrected chi connectivity index (χ1v) is 7.03. The minimum atomic E-state index is -0.752. The first-order valence-electron chi connectivity index (χ1n) is 7.03. The Bertz CT molecular complexity index is 570. The van der Waals surface area contributed by atoms with Gasteiger partial charge in [-0.05, 0) is 31.4 Å². The third-order valence-corrected chi connectivity index (χ3v) is 3.03. The number of amides is 3. The van der Waals surface area contributed by atoms with Gasteiger partial charge in [0.25, 0.3) is 5.91 Å². The van der Waals surface area contributed by atoms with Gasteiger partial charge >= 0.3 is 0 Å². The standard InChI is InChI=1S/C16H21N3O3/c1-3-4-5-10-14(15(17)21)19-16(22)12-8-6-7-9-13(12)18-11(2)20/h3,6-9,14H,1,4-5,10H2,2H3,(H2,17,21)(H,18,20)(H,19,22)/t14-/m0/s1. The smallest absolute Gasteiger partial charge is 0.254 e. The quantitative estimate of drug-likeness (QED) is 0.502. The molecule has 4 N–H and O–H groups in total. The van der Waals surface area contributed by atoms with Crippen LogP contribution in [0.1, 0.15) is 36.5 Å².